The molecule has 5 heteroatoms. The minimum absolute atomic E-state index is 0.0467. The summed E-state index contributed by atoms with van der Waals surface area (Å²) < 4.78 is 0. The van der Waals surface area contributed by atoms with Crippen LogP contribution in [-0.4, -0.2) is 28.2 Å². The van der Waals surface area contributed by atoms with Crippen molar-refractivity contribution in [3.8, 4) is 11.4 Å². The third-order valence-corrected chi connectivity index (χ3v) is 5.26. The molecule has 0 saturated heterocycles. The van der Waals surface area contributed by atoms with Gasteiger partial charge in [-0.2, -0.15) is 0 Å². The Hall–Kier alpha value is -2.66. The highest BCUT2D eigenvalue weighted by molar-refractivity contribution is 7.99. The minimum Gasteiger partial charge on any atom is -0.307 e. The molecule has 25 heavy (non-hydrogen) atoms. The van der Waals surface area contributed by atoms with E-state index < -0.39 is 0 Å². The van der Waals surface area contributed by atoms with Gasteiger partial charge in [-0.1, -0.05) is 42.5 Å². The highest BCUT2D eigenvalue weighted by Crippen LogP contribution is 2.34. The van der Waals surface area contributed by atoms with Crippen molar-refractivity contribution >= 4 is 23.4 Å². The van der Waals surface area contributed by atoms with Crippen LogP contribution in [0.15, 0.2) is 71.9 Å². The average Bonchev–Trinajstić information content (AvgIpc) is 2.91. The van der Waals surface area contributed by atoms with Crippen LogP contribution in [-0.2, 0) is 0 Å². The van der Waals surface area contributed by atoms with Crippen LogP contribution in [0, 0.1) is 0 Å². The molecule has 0 saturated carbocycles. The molecule has 0 spiro atoms. The third kappa shape index (κ3) is 3.28. The van der Waals surface area contributed by atoms with Crippen molar-refractivity contribution in [3.05, 3.63) is 72.6 Å². The molecule has 0 fully saturated rings. The Kier molecular flexibility index (Phi) is 4.48. The Labute approximate surface area is 150 Å². The van der Waals surface area contributed by atoms with Gasteiger partial charge < -0.3 is 4.90 Å². The summed E-state index contributed by atoms with van der Waals surface area (Å²) in [5.41, 5.74) is 2.43. The fraction of sp³-hybridized carbons (Fsp3) is 0.150. The topological polar surface area (TPSA) is 46.1 Å². The number of thioether (sulfide) groups is 1. The van der Waals surface area contributed by atoms with Gasteiger partial charge in [-0.3, -0.25) is 4.79 Å². The lowest BCUT2D eigenvalue weighted by Crippen LogP contribution is -2.32. The molecule has 4 rings (SSSR count). The molecule has 4 nitrogen and oxygen atoms in total. The zero-order valence-electron chi connectivity index (χ0n) is 13.6. The predicted octanol–water partition coefficient (Wildman–Crippen LogP) is 4.29. The predicted molar refractivity (Wildman–Crippen MR) is 101 cm³/mol. The molecule has 0 unspecified atom stereocenters. The molecule has 1 amide bonds. The number of para-hydroxylation sites is 1. The van der Waals surface area contributed by atoms with Gasteiger partial charge in [0.05, 0.1) is 11.3 Å². The highest BCUT2D eigenvalue weighted by Gasteiger charge is 2.23. The molecule has 0 radical (unpaired) electrons. The molecule has 124 valence electrons. The number of anilines is 1. The van der Waals surface area contributed by atoms with E-state index in [0.29, 0.717) is 17.9 Å². The normalized spacial score (nSPS) is 13.8. The summed E-state index contributed by atoms with van der Waals surface area (Å²) in [4.78, 5) is 24.8. The number of amides is 1. The summed E-state index contributed by atoms with van der Waals surface area (Å²) in [7, 11) is 0. The number of fused-ring (bicyclic) bond motifs is 1. The molecule has 0 bridgehead atoms. The van der Waals surface area contributed by atoms with Crippen LogP contribution >= 0.6 is 11.8 Å². The molecular weight excluding hydrogens is 330 g/mol. The Morgan fingerprint density at radius 1 is 0.960 bits per heavy atom. The second-order valence-electron chi connectivity index (χ2n) is 5.79. The van der Waals surface area contributed by atoms with E-state index in [9.17, 15) is 4.79 Å². The summed E-state index contributed by atoms with van der Waals surface area (Å²) in [5, 5.41) is 0. The van der Waals surface area contributed by atoms with Crippen LogP contribution in [0.25, 0.3) is 11.4 Å². The second-order valence-corrected chi connectivity index (χ2v) is 6.92. The highest BCUT2D eigenvalue weighted by atomic mass is 32.2. The number of benzene rings is 2. The summed E-state index contributed by atoms with van der Waals surface area (Å²) in [6.07, 6.45) is 4.21. The van der Waals surface area contributed by atoms with Gasteiger partial charge in [0.2, 0.25) is 0 Å². The van der Waals surface area contributed by atoms with Gasteiger partial charge in [0.25, 0.3) is 5.91 Å². The van der Waals surface area contributed by atoms with Crippen LogP contribution in [0.3, 0.4) is 0 Å². The first-order valence-corrected chi connectivity index (χ1v) is 9.22. The van der Waals surface area contributed by atoms with Gasteiger partial charge >= 0.3 is 0 Å². The fourth-order valence-electron chi connectivity index (χ4n) is 2.87. The molecular formula is C20H17N3OS. The van der Waals surface area contributed by atoms with Gasteiger partial charge in [0.15, 0.2) is 5.82 Å². The number of carbonyl (C=O) groups excluding carboxylic acids is 1. The minimum atomic E-state index is -0.0467. The smallest absolute Gasteiger partial charge is 0.261 e. The van der Waals surface area contributed by atoms with E-state index >= 15 is 0 Å². The van der Waals surface area contributed by atoms with Crippen LogP contribution < -0.4 is 4.90 Å². The average molecular weight is 347 g/mol. The van der Waals surface area contributed by atoms with Gasteiger partial charge in [-0.15, -0.1) is 11.8 Å². The second kappa shape index (κ2) is 7.07. The Balaban J connectivity index is 1.63. The number of hydrogen-bond donors (Lipinski definition) is 0. The van der Waals surface area contributed by atoms with E-state index in [1.807, 2.05) is 53.4 Å². The molecule has 1 aromatic heterocycles. The molecule has 2 heterocycles. The first-order chi connectivity index (χ1) is 12.3. The van der Waals surface area contributed by atoms with Crippen molar-refractivity contribution < 1.29 is 4.79 Å². The van der Waals surface area contributed by atoms with Crippen LogP contribution in [0.5, 0.6) is 0 Å². The maximum atomic E-state index is 13.0. The molecule has 0 atom stereocenters. The quantitative estimate of drug-likeness (QED) is 0.694. The Bertz CT molecular complexity index is 881. The van der Waals surface area contributed by atoms with Crippen molar-refractivity contribution in [1.82, 2.24) is 9.97 Å². The van der Waals surface area contributed by atoms with Crippen molar-refractivity contribution in [2.45, 2.75) is 11.3 Å². The summed E-state index contributed by atoms with van der Waals surface area (Å²) in [6.45, 7) is 0.712. The third-order valence-electron chi connectivity index (χ3n) is 4.12. The Morgan fingerprint density at radius 2 is 1.68 bits per heavy atom. The van der Waals surface area contributed by atoms with E-state index in [0.717, 1.165) is 28.3 Å². The lowest BCUT2D eigenvalue weighted by molar-refractivity contribution is 0.0986. The standard InChI is InChI=1S/C20H17N3OS/c24-20(23-11-6-12-25-18-10-5-4-9-17(18)23)16-13-21-19(22-14-16)15-7-2-1-3-8-15/h1-5,7-10,13-14H,6,11-12H2. The molecule has 3 aromatic rings. The maximum Gasteiger partial charge on any atom is 0.261 e. The number of rotatable bonds is 2. The molecule has 0 N–H and O–H groups in total. The first kappa shape index (κ1) is 15.8. The number of carbonyl (C=O) groups is 1. The molecule has 1 aliphatic heterocycles. The molecule has 2 aromatic carbocycles. The van der Waals surface area contributed by atoms with Crippen LogP contribution in [0.1, 0.15) is 16.8 Å². The lowest BCUT2D eigenvalue weighted by Gasteiger charge is -2.22. The van der Waals surface area contributed by atoms with E-state index in [1.165, 1.54) is 0 Å². The SMILES string of the molecule is O=C(c1cnc(-c2ccccc2)nc1)N1CCCSc2ccccc21. The van der Waals surface area contributed by atoms with E-state index in [4.69, 9.17) is 0 Å². The first-order valence-electron chi connectivity index (χ1n) is 8.24. The number of nitrogens with zero attached hydrogens (tertiary/aromatic N) is 3. The zero-order valence-corrected chi connectivity index (χ0v) is 14.4. The molecule has 0 aliphatic carbocycles. The van der Waals surface area contributed by atoms with Crippen LogP contribution in [0.2, 0.25) is 0 Å². The molecule has 1 aliphatic rings. The van der Waals surface area contributed by atoms with Crippen LogP contribution in [0.4, 0.5) is 5.69 Å². The van der Waals surface area contributed by atoms with Gasteiger partial charge in [0.1, 0.15) is 0 Å². The lowest BCUT2D eigenvalue weighted by atomic mass is 10.2. The summed E-state index contributed by atoms with van der Waals surface area (Å²) in [5.74, 6) is 1.60. The van der Waals surface area contributed by atoms with Gasteiger partial charge in [0, 0.05) is 29.4 Å². The van der Waals surface area contributed by atoms with Crippen molar-refractivity contribution in [1.29, 1.82) is 0 Å². The van der Waals surface area contributed by atoms with Gasteiger partial charge in [-0.05, 0) is 24.3 Å². The fourth-order valence-corrected chi connectivity index (χ4v) is 3.86. The van der Waals surface area contributed by atoms with Gasteiger partial charge in [-0.25, -0.2) is 9.97 Å². The van der Waals surface area contributed by atoms with E-state index in [1.54, 1.807) is 24.2 Å². The number of aromatic nitrogens is 2. The zero-order chi connectivity index (χ0) is 17.1. The summed E-state index contributed by atoms with van der Waals surface area (Å²) >= 11 is 1.80. The van der Waals surface area contributed by atoms with Crippen molar-refractivity contribution in [3.63, 3.8) is 0 Å². The van der Waals surface area contributed by atoms with E-state index in [2.05, 4.69) is 16.0 Å². The maximum absolute atomic E-state index is 13.0. The van der Waals surface area contributed by atoms with Crippen molar-refractivity contribution in [2.75, 3.05) is 17.2 Å². The monoisotopic (exact) mass is 347 g/mol. The largest absolute Gasteiger partial charge is 0.307 e. The Morgan fingerprint density at radius 3 is 2.48 bits per heavy atom. The summed E-state index contributed by atoms with van der Waals surface area (Å²) in [6, 6.07) is 17.8. The number of hydrogen-bond acceptors (Lipinski definition) is 4. The van der Waals surface area contributed by atoms with E-state index in [-0.39, 0.29) is 5.91 Å². The van der Waals surface area contributed by atoms with Crippen molar-refractivity contribution in [2.24, 2.45) is 0 Å².